The van der Waals surface area contributed by atoms with Gasteiger partial charge in [-0.2, -0.15) is 0 Å². The van der Waals surface area contributed by atoms with Gasteiger partial charge in [-0.25, -0.2) is 4.98 Å². The number of likely N-dealkylation sites (tertiary alicyclic amines) is 1. The van der Waals surface area contributed by atoms with Crippen LogP contribution in [-0.4, -0.2) is 42.0 Å². The molecule has 184 valence electrons. The molecular weight excluding hydrogens is 470 g/mol. The lowest BCUT2D eigenvalue weighted by molar-refractivity contribution is 0.0892. The first-order valence-corrected chi connectivity index (χ1v) is 13.4. The predicted octanol–water partition coefficient (Wildman–Crippen LogP) is 5.45. The van der Waals surface area contributed by atoms with Crippen molar-refractivity contribution in [1.82, 2.24) is 15.2 Å². The Morgan fingerprint density at radius 3 is 2.83 bits per heavy atom. The molecule has 2 aliphatic heterocycles. The molecule has 7 heteroatoms. The van der Waals surface area contributed by atoms with Crippen molar-refractivity contribution in [3.05, 3.63) is 88.4 Å². The third kappa shape index (κ3) is 4.94. The summed E-state index contributed by atoms with van der Waals surface area (Å²) in [5.41, 5.74) is 1.81. The number of aromatic nitrogens is 1. The van der Waals surface area contributed by atoms with Gasteiger partial charge in [-0.05, 0) is 53.8 Å². The molecule has 1 aromatic heterocycles. The fourth-order valence-corrected chi connectivity index (χ4v) is 5.95. The van der Waals surface area contributed by atoms with E-state index in [9.17, 15) is 4.79 Å². The van der Waals surface area contributed by atoms with Gasteiger partial charge in [0.15, 0.2) is 17.6 Å². The van der Waals surface area contributed by atoms with Gasteiger partial charge in [-0.15, -0.1) is 11.3 Å². The Morgan fingerprint density at radius 2 is 1.89 bits per heavy atom. The van der Waals surface area contributed by atoms with Gasteiger partial charge in [-0.3, -0.25) is 9.69 Å². The third-order valence-corrected chi connectivity index (χ3v) is 7.90. The first-order valence-electron chi connectivity index (χ1n) is 12.5. The number of amides is 1. The maximum absolute atomic E-state index is 12.8. The number of fused-ring (bicyclic) bond motifs is 2. The van der Waals surface area contributed by atoms with Crippen molar-refractivity contribution in [1.29, 1.82) is 0 Å². The van der Waals surface area contributed by atoms with E-state index < -0.39 is 0 Å². The molecule has 1 unspecified atom stereocenters. The first-order chi connectivity index (χ1) is 17.7. The molecule has 0 spiro atoms. The van der Waals surface area contributed by atoms with Gasteiger partial charge in [0.2, 0.25) is 0 Å². The van der Waals surface area contributed by atoms with E-state index in [1.54, 1.807) is 0 Å². The van der Waals surface area contributed by atoms with Crippen LogP contribution in [0.15, 0.2) is 72.1 Å². The molecule has 4 aromatic rings. The van der Waals surface area contributed by atoms with Crippen molar-refractivity contribution in [3.63, 3.8) is 0 Å². The van der Waals surface area contributed by atoms with Crippen molar-refractivity contribution in [2.24, 2.45) is 5.92 Å². The lowest BCUT2D eigenvalue weighted by Crippen LogP contribution is -2.40. The van der Waals surface area contributed by atoms with E-state index in [-0.39, 0.29) is 12.0 Å². The number of hydrogen-bond donors (Lipinski definition) is 1. The van der Waals surface area contributed by atoms with Crippen LogP contribution in [0.2, 0.25) is 0 Å². The summed E-state index contributed by atoms with van der Waals surface area (Å²) in [4.78, 5) is 19.9. The monoisotopic (exact) mass is 499 g/mol. The maximum atomic E-state index is 12.8. The Kier molecular flexibility index (Phi) is 6.57. The SMILES string of the molecule is O=C(NC[C@H]1CCCN(Cc2cccc3ccccc23)C1)c1csc(C2COc3ccccc3O2)n1. The van der Waals surface area contributed by atoms with Gasteiger partial charge in [0.25, 0.3) is 5.91 Å². The molecule has 6 rings (SSSR count). The van der Waals surface area contributed by atoms with E-state index in [1.165, 1.54) is 27.7 Å². The summed E-state index contributed by atoms with van der Waals surface area (Å²) in [6, 6.07) is 22.7. The Labute approximate surface area is 214 Å². The predicted molar refractivity (Wildman–Crippen MR) is 142 cm³/mol. The molecule has 1 N–H and O–H groups in total. The molecule has 1 amide bonds. The van der Waals surface area contributed by atoms with Crippen molar-refractivity contribution in [2.45, 2.75) is 25.5 Å². The van der Waals surface area contributed by atoms with E-state index >= 15 is 0 Å². The number of ether oxygens (including phenoxy) is 2. The number of carbonyl (C=O) groups excluding carboxylic acids is 1. The molecule has 2 aliphatic rings. The Balaban J connectivity index is 1.03. The molecular formula is C29H29N3O3S. The second-order valence-corrected chi connectivity index (χ2v) is 10.4. The zero-order valence-corrected chi connectivity index (χ0v) is 20.9. The summed E-state index contributed by atoms with van der Waals surface area (Å²) in [5.74, 6) is 1.76. The van der Waals surface area contributed by atoms with Crippen LogP contribution in [0.25, 0.3) is 10.8 Å². The summed E-state index contributed by atoms with van der Waals surface area (Å²) in [6.07, 6.45) is 1.97. The summed E-state index contributed by atoms with van der Waals surface area (Å²) in [6.45, 7) is 4.07. The van der Waals surface area contributed by atoms with Crippen molar-refractivity contribution >= 4 is 28.0 Å². The van der Waals surface area contributed by atoms with E-state index in [2.05, 4.69) is 57.7 Å². The fourth-order valence-electron chi connectivity index (χ4n) is 5.14. The van der Waals surface area contributed by atoms with E-state index in [4.69, 9.17) is 9.47 Å². The van der Waals surface area contributed by atoms with Crippen molar-refractivity contribution in [3.8, 4) is 11.5 Å². The van der Waals surface area contributed by atoms with Gasteiger partial charge in [0.1, 0.15) is 17.3 Å². The number of rotatable bonds is 6. The molecule has 0 aliphatic carbocycles. The molecule has 0 saturated carbocycles. The van der Waals surface area contributed by atoms with E-state index in [1.807, 2.05) is 29.6 Å². The summed E-state index contributed by atoms with van der Waals surface area (Å²) in [5, 5.41) is 8.30. The highest BCUT2D eigenvalue weighted by molar-refractivity contribution is 7.09. The van der Waals surface area contributed by atoms with E-state index in [0.717, 1.165) is 43.2 Å². The molecule has 0 radical (unpaired) electrons. The fraction of sp³-hybridized carbons (Fsp3) is 0.310. The third-order valence-electron chi connectivity index (χ3n) is 6.97. The average Bonchev–Trinajstić information content (AvgIpc) is 3.43. The normalized spacial score (nSPS) is 19.8. The minimum Gasteiger partial charge on any atom is -0.485 e. The van der Waals surface area contributed by atoms with Crippen LogP contribution >= 0.6 is 11.3 Å². The van der Waals surface area contributed by atoms with Crippen LogP contribution < -0.4 is 14.8 Å². The van der Waals surface area contributed by atoms with Gasteiger partial charge in [-0.1, -0.05) is 54.6 Å². The molecule has 6 nitrogen and oxygen atoms in total. The van der Waals surface area contributed by atoms with Gasteiger partial charge in [0.05, 0.1) is 0 Å². The van der Waals surface area contributed by atoms with Crippen LogP contribution in [0.4, 0.5) is 0 Å². The second-order valence-electron chi connectivity index (χ2n) is 9.53. The minimum atomic E-state index is -0.299. The zero-order chi connectivity index (χ0) is 24.3. The van der Waals surface area contributed by atoms with Crippen LogP contribution in [0, 0.1) is 5.92 Å². The van der Waals surface area contributed by atoms with Crippen LogP contribution in [-0.2, 0) is 6.54 Å². The van der Waals surface area contributed by atoms with E-state index in [0.29, 0.717) is 30.5 Å². The number of hydrogen-bond acceptors (Lipinski definition) is 6. The molecule has 0 bridgehead atoms. The lowest BCUT2D eigenvalue weighted by Gasteiger charge is -2.33. The minimum absolute atomic E-state index is 0.124. The van der Waals surface area contributed by atoms with Crippen LogP contribution in [0.1, 0.15) is 40.0 Å². The molecule has 3 aromatic carbocycles. The number of carbonyl (C=O) groups is 1. The number of piperidine rings is 1. The molecule has 2 atom stereocenters. The van der Waals surface area contributed by atoms with Crippen LogP contribution in [0.3, 0.4) is 0 Å². The quantitative estimate of drug-likeness (QED) is 0.382. The summed E-state index contributed by atoms with van der Waals surface area (Å²) in [7, 11) is 0. The summed E-state index contributed by atoms with van der Waals surface area (Å²) >= 11 is 1.44. The topological polar surface area (TPSA) is 63.7 Å². The first kappa shape index (κ1) is 23.0. The zero-order valence-electron chi connectivity index (χ0n) is 20.1. The smallest absolute Gasteiger partial charge is 0.270 e. The molecule has 1 fully saturated rings. The highest BCUT2D eigenvalue weighted by atomic mass is 32.1. The lowest BCUT2D eigenvalue weighted by atomic mass is 9.96. The Hall–Kier alpha value is -3.42. The number of nitrogens with zero attached hydrogens (tertiary/aromatic N) is 2. The standard InChI is InChI=1S/C29H29N3O3S/c33-28(24-19-36-29(31-24)27-18-34-25-12-3-4-13-26(25)35-27)30-15-20-7-6-14-32(16-20)17-22-10-5-9-21-8-1-2-11-23(21)22/h1-5,8-13,19-20,27H,6-7,14-18H2,(H,30,33)/t20-,27?/m1/s1. The molecule has 36 heavy (non-hydrogen) atoms. The molecule has 3 heterocycles. The van der Waals surface area contributed by atoms with Crippen LogP contribution in [0.5, 0.6) is 11.5 Å². The van der Waals surface area contributed by atoms with Gasteiger partial charge >= 0.3 is 0 Å². The Morgan fingerprint density at radius 1 is 1.06 bits per heavy atom. The average molecular weight is 500 g/mol. The number of benzene rings is 3. The highest BCUT2D eigenvalue weighted by Crippen LogP contribution is 2.36. The Bertz CT molecular complexity index is 1370. The molecule has 1 saturated heterocycles. The highest BCUT2D eigenvalue weighted by Gasteiger charge is 2.26. The largest absolute Gasteiger partial charge is 0.485 e. The van der Waals surface area contributed by atoms with Crippen molar-refractivity contribution in [2.75, 3.05) is 26.2 Å². The van der Waals surface area contributed by atoms with Gasteiger partial charge < -0.3 is 14.8 Å². The second kappa shape index (κ2) is 10.3. The number of thiazole rings is 1. The number of para-hydroxylation sites is 2. The number of nitrogens with one attached hydrogen (secondary N) is 1. The van der Waals surface area contributed by atoms with Crippen molar-refractivity contribution < 1.29 is 14.3 Å². The maximum Gasteiger partial charge on any atom is 0.270 e. The summed E-state index contributed by atoms with van der Waals surface area (Å²) < 4.78 is 11.8. The van der Waals surface area contributed by atoms with Gasteiger partial charge in [0, 0.05) is 25.0 Å².